The van der Waals surface area contributed by atoms with Crippen molar-refractivity contribution in [3.8, 4) is 5.75 Å². The number of ether oxygens (including phenoxy) is 1. The van der Waals surface area contributed by atoms with Crippen LogP contribution in [0.3, 0.4) is 0 Å². The summed E-state index contributed by atoms with van der Waals surface area (Å²) >= 11 is 0. The molecule has 0 aromatic heterocycles. The minimum absolute atomic E-state index is 0.00412. The molecule has 0 spiro atoms. The Balaban J connectivity index is 2.67. The van der Waals surface area contributed by atoms with Gasteiger partial charge in [-0.25, -0.2) is 0 Å². The predicted octanol–water partition coefficient (Wildman–Crippen LogP) is 4.37. The zero-order valence-corrected chi connectivity index (χ0v) is 11.8. The maximum Gasteiger partial charge on any atom is 0.387 e. The number of para-hydroxylation sites is 1. The summed E-state index contributed by atoms with van der Waals surface area (Å²) in [5.41, 5.74) is 0.772. The average molecular weight is 271 g/mol. The van der Waals surface area contributed by atoms with Crippen LogP contribution in [0, 0.1) is 5.92 Å². The highest BCUT2D eigenvalue weighted by Crippen LogP contribution is 2.26. The van der Waals surface area contributed by atoms with E-state index in [0.29, 0.717) is 5.92 Å². The van der Waals surface area contributed by atoms with Crippen molar-refractivity contribution in [3.63, 3.8) is 0 Å². The Bertz CT molecular complexity index is 367. The van der Waals surface area contributed by atoms with Gasteiger partial charge in [-0.2, -0.15) is 8.78 Å². The summed E-state index contributed by atoms with van der Waals surface area (Å²) in [5.74, 6) is 0.868. The normalized spacial score (nSPS) is 13.0. The minimum Gasteiger partial charge on any atom is -0.434 e. The van der Waals surface area contributed by atoms with Gasteiger partial charge >= 0.3 is 6.61 Å². The first-order chi connectivity index (χ1) is 9.08. The fourth-order valence-electron chi connectivity index (χ4n) is 2.07. The summed E-state index contributed by atoms with van der Waals surface area (Å²) in [4.78, 5) is 0. The lowest BCUT2D eigenvalue weighted by atomic mass is 10.0. The van der Waals surface area contributed by atoms with Gasteiger partial charge in [0.1, 0.15) is 5.75 Å². The molecule has 0 amide bonds. The van der Waals surface area contributed by atoms with Gasteiger partial charge in [-0.15, -0.1) is 0 Å². The van der Waals surface area contributed by atoms with E-state index >= 15 is 0 Å². The smallest absolute Gasteiger partial charge is 0.387 e. The Kier molecular flexibility index (Phi) is 6.78. The van der Waals surface area contributed by atoms with E-state index in [4.69, 9.17) is 0 Å². The van der Waals surface area contributed by atoms with Gasteiger partial charge in [0.25, 0.3) is 0 Å². The third-order valence-corrected chi connectivity index (χ3v) is 3.47. The summed E-state index contributed by atoms with van der Waals surface area (Å²) < 4.78 is 29.2. The van der Waals surface area contributed by atoms with Gasteiger partial charge in [0.2, 0.25) is 0 Å². The van der Waals surface area contributed by atoms with E-state index in [9.17, 15) is 8.78 Å². The second kappa shape index (κ2) is 8.10. The zero-order valence-electron chi connectivity index (χ0n) is 11.8. The number of nitrogens with one attached hydrogen (secondary N) is 1. The first kappa shape index (κ1) is 15.9. The number of halogens is 2. The summed E-state index contributed by atoms with van der Waals surface area (Å²) in [6, 6.07) is 6.94. The molecule has 1 unspecified atom stereocenters. The second-order valence-electron chi connectivity index (χ2n) is 4.73. The van der Waals surface area contributed by atoms with Crippen LogP contribution in [0.4, 0.5) is 8.78 Å². The second-order valence-corrected chi connectivity index (χ2v) is 4.73. The third kappa shape index (κ3) is 5.15. The van der Waals surface area contributed by atoms with Crippen LogP contribution in [0.15, 0.2) is 24.3 Å². The zero-order chi connectivity index (χ0) is 14.3. The van der Waals surface area contributed by atoms with Crippen molar-refractivity contribution in [2.45, 2.75) is 46.3 Å². The highest BCUT2D eigenvalue weighted by atomic mass is 19.3. The molecule has 0 bridgehead atoms. The molecular formula is C15H23F2NO. The summed E-state index contributed by atoms with van der Waals surface area (Å²) in [6.45, 7) is 4.39. The van der Waals surface area contributed by atoms with Crippen molar-refractivity contribution in [2.24, 2.45) is 5.92 Å². The molecule has 1 rings (SSSR count). The van der Waals surface area contributed by atoms with Crippen LogP contribution in [0.2, 0.25) is 0 Å². The van der Waals surface area contributed by atoms with Crippen LogP contribution in [0.1, 0.15) is 45.2 Å². The maximum atomic E-state index is 12.3. The largest absolute Gasteiger partial charge is 0.434 e. The number of hydrogen-bond acceptors (Lipinski definition) is 2. The van der Waals surface area contributed by atoms with E-state index in [-0.39, 0.29) is 11.8 Å². The van der Waals surface area contributed by atoms with Crippen molar-refractivity contribution in [1.29, 1.82) is 0 Å². The molecule has 0 heterocycles. The molecule has 1 aromatic carbocycles. The molecule has 0 radical (unpaired) electrons. The first-order valence-electron chi connectivity index (χ1n) is 6.85. The van der Waals surface area contributed by atoms with Crippen LogP contribution >= 0.6 is 0 Å². The van der Waals surface area contributed by atoms with E-state index in [1.54, 1.807) is 12.1 Å². The maximum absolute atomic E-state index is 12.3. The van der Waals surface area contributed by atoms with Crippen molar-refractivity contribution >= 4 is 0 Å². The molecule has 108 valence electrons. The highest BCUT2D eigenvalue weighted by Gasteiger charge is 2.15. The summed E-state index contributed by atoms with van der Waals surface area (Å²) in [7, 11) is 0. The van der Waals surface area contributed by atoms with E-state index in [0.717, 1.165) is 24.9 Å². The molecule has 4 heteroatoms. The summed E-state index contributed by atoms with van der Waals surface area (Å²) in [5, 5.41) is 3.39. The molecule has 1 aromatic rings. The molecule has 0 saturated carbocycles. The standard InChI is InChI=1S/C15H23F2NO/c1-4-12(5-2)10-18-11(3)13-8-6-7-9-14(13)19-15(16)17/h6-9,11-12,15,18H,4-5,10H2,1-3H3. The van der Waals surface area contributed by atoms with Crippen LogP contribution in [-0.4, -0.2) is 13.2 Å². The van der Waals surface area contributed by atoms with E-state index in [2.05, 4.69) is 23.9 Å². The molecule has 1 atom stereocenters. The highest BCUT2D eigenvalue weighted by molar-refractivity contribution is 5.35. The van der Waals surface area contributed by atoms with Gasteiger partial charge in [-0.3, -0.25) is 0 Å². The average Bonchev–Trinajstić information content (AvgIpc) is 2.39. The molecule has 0 aliphatic carbocycles. The van der Waals surface area contributed by atoms with Crippen molar-refractivity contribution in [3.05, 3.63) is 29.8 Å². The Labute approximate surface area is 114 Å². The van der Waals surface area contributed by atoms with Gasteiger partial charge < -0.3 is 10.1 Å². The lowest BCUT2D eigenvalue weighted by molar-refractivity contribution is -0.0506. The molecule has 0 fully saturated rings. The Hall–Kier alpha value is -1.16. The molecule has 0 aliphatic rings. The van der Waals surface area contributed by atoms with E-state index in [1.807, 2.05) is 19.1 Å². The number of alkyl halides is 2. The van der Waals surface area contributed by atoms with Gasteiger partial charge in [0.05, 0.1) is 0 Å². The van der Waals surface area contributed by atoms with Crippen molar-refractivity contribution < 1.29 is 13.5 Å². The predicted molar refractivity (Wildman–Crippen MR) is 73.6 cm³/mol. The first-order valence-corrected chi connectivity index (χ1v) is 6.85. The van der Waals surface area contributed by atoms with Gasteiger partial charge in [-0.1, -0.05) is 44.9 Å². The quantitative estimate of drug-likeness (QED) is 0.758. The lowest BCUT2D eigenvalue weighted by Gasteiger charge is -2.21. The third-order valence-electron chi connectivity index (χ3n) is 3.47. The molecular weight excluding hydrogens is 248 g/mol. The SMILES string of the molecule is CCC(CC)CNC(C)c1ccccc1OC(F)F. The molecule has 1 N–H and O–H groups in total. The monoisotopic (exact) mass is 271 g/mol. The summed E-state index contributed by atoms with van der Waals surface area (Å²) in [6.07, 6.45) is 2.23. The number of hydrogen-bond donors (Lipinski definition) is 1. The fraction of sp³-hybridized carbons (Fsp3) is 0.600. The number of benzene rings is 1. The van der Waals surface area contributed by atoms with Gasteiger partial charge in [-0.05, 0) is 25.5 Å². The van der Waals surface area contributed by atoms with Crippen LogP contribution < -0.4 is 10.1 Å². The molecule has 0 aliphatic heterocycles. The van der Waals surface area contributed by atoms with Crippen LogP contribution in [0.25, 0.3) is 0 Å². The van der Waals surface area contributed by atoms with Crippen molar-refractivity contribution in [2.75, 3.05) is 6.54 Å². The van der Waals surface area contributed by atoms with Crippen LogP contribution in [-0.2, 0) is 0 Å². The topological polar surface area (TPSA) is 21.3 Å². The minimum atomic E-state index is -2.78. The van der Waals surface area contributed by atoms with Gasteiger partial charge in [0, 0.05) is 11.6 Å². The van der Waals surface area contributed by atoms with Gasteiger partial charge in [0.15, 0.2) is 0 Å². The fourth-order valence-corrected chi connectivity index (χ4v) is 2.07. The Morgan fingerprint density at radius 1 is 1.16 bits per heavy atom. The molecule has 2 nitrogen and oxygen atoms in total. The Morgan fingerprint density at radius 3 is 2.37 bits per heavy atom. The number of rotatable bonds is 8. The molecule has 19 heavy (non-hydrogen) atoms. The Morgan fingerprint density at radius 2 is 1.79 bits per heavy atom. The van der Waals surface area contributed by atoms with Crippen LogP contribution in [0.5, 0.6) is 5.75 Å². The lowest BCUT2D eigenvalue weighted by Crippen LogP contribution is -2.25. The van der Waals surface area contributed by atoms with Crippen molar-refractivity contribution in [1.82, 2.24) is 5.32 Å². The van der Waals surface area contributed by atoms with E-state index in [1.165, 1.54) is 0 Å². The molecule has 0 saturated heterocycles. The van der Waals surface area contributed by atoms with E-state index < -0.39 is 6.61 Å².